The van der Waals surface area contributed by atoms with Crippen molar-refractivity contribution in [3.63, 3.8) is 0 Å². The van der Waals surface area contributed by atoms with Crippen LogP contribution in [0.4, 0.5) is 5.69 Å². The van der Waals surface area contributed by atoms with Gasteiger partial charge in [-0.1, -0.05) is 45.9 Å². The molecule has 0 fully saturated rings. The summed E-state index contributed by atoms with van der Waals surface area (Å²) in [5.74, 6) is 1.57. The fraction of sp³-hybridized carbons (Fsp3) is 0.150. The summed E-state index contributed by atoms with van der Waals surface area (Å²) < 4.78 is 7.88. The molecule has 0 radical (unpaired) electrons. The molecule has 0 saturated heterocycles. The first-order valence-electron chi connectivity index (χ1n) is 8.47. The number of nitrogens with zero attached hydrogens (tertiary/aromatic N) is 3. The highest BCUT2D eigenvalue weighted by atomic mass is 79.9. The first kappa shape index (κ1) is 20.2. The lowest BCUT2D eigenvalue weighted by Crippen LogP contribution is -2.14. The van der Waals surface area contributed by atoms with Crippen LogP contribution in [0, 0.1) is 0 Å². The number of benzene rings is 2. The molecule has 0 spiro atoms. The van der Waals surface area contributed by atoms with Gasteiger partial charge in [-0.3, -0.25) is 4.79 Å². The number of thioether (sulfide) groups is 1. The lowest BCUT2D eigenvalue weighted by atomic mass is 10.2. The highest BCUT2D eigenvalue weighted by molar-refractivity contribution is 9.10. The second-order valence-electron chi connectivity index (χ2n) is 5.76. The van der Waals surface area contributed by atoms with Gasteiger partial charge in [-0.05, 0) is 36.4 Å². The first-order chi connectivity index (χ1) is 13.6. The largest absolute Gasteiger partial charge is 0.497 e. The van der Waals surface area contributed by atoms with Gasteiger partial charge in [0.1, 0.15) is 5.75 Å². The van der Waals surface area contributed by atoms with Crippen molar-refractivity contribution in [2.24, 2.45) is 0 Å². The lowest BCUT2D eigenvalue weighted by molar-refractivity contribution is -0.113. The number of anilines is 1. The molecule has 0 saturated carbocycles. The highest BCUT2D eigenvalue weighted by Gasteiger charge is 2.13. The first-order valence-corrected chi connectivity index (χ1v) is 10.3. The third-order valence-electron chi connectivity index (χ3n) is 3.76. The molecule has 0 bridgehead atoms. The van der Waals surface area contributed by atoms with Crippen molar-refractivity contribution >= 4 is 39.3 Å². The minimum atomic E-state index is -0.125. The summed E-state index contributed by atoms with van der Waals surface area (Å²) in [7, 11) is 1.60. The van der Waals surface area contributed by atoms with E-state index in [-0.39, 0.29) is 11.7 Å². The molecule has 0 unspecified atom stereocenters. The molecule has 8 heteroatoms. The number of methoxy groups -OCH3 is 1. The number of ether oxygens (including phenoxy) is 1. The van der Waals surface area contributed by atoms with Gasteiger partial charge in [0, 0.05) is 15.7 Å². The predicted molar refractivity (Wildman–Crippen MR) is 116 cm³/mol. The summed E-state index contributed by atoms with van der Waals surface area (Å²) in [6, 6.07) is 15.0. The van der Waals surface area contributed by atoms with Crippen molar-refractivity contribution in [1.29, 1.82) is 0 Å². The zero-order valence-electron chi connectivity index (χ0n) is 15.3. The van der Waals surface area contributed by atoms with Crippen molar-refractivity contribution in [2.45, 2.75) is 11.7 Å². The Labute approximate surface area is 176 Å². The zero-order valence-corrected chi connectivity index (χ0v) is 17.7. The standard InChI is InChI=1S/C20H19BrN4O2S/c1-3-12-25-19(14-4-6-15(21)7-5-14)23-20(24-25)28-13-18(26)22-16-8-10-17(27-2)11-9-16/h3-11H,1,12-13H2,2H3,(H,22,26). The van der Waals surface area contributed by atoms with Crippen LogP contribution in [0.5, 0.6) is 5.75 Å². The quantitative estimate of drug-likeness (QED) is 0.393. The zero-order chi connectivity index (χ0) is 19.9. The van der Waals surface area contributed by atoms with Crippen LogP contribution in [-0.2, 0) is 11.3 Å². The molecule has 6 nitrogen and oxygen atoms in total. The smallest absolute Gasteiger partial charge is 0.234 e. The van der Waals surface area contributed by atoms with Crippen molar-refractivity contribution in [3.8, 4) is 17.1 Å². The van der Waals surface area contributed by atoms with Gasteiger partial charge < -0.3 is 10.1 Å². The molecule has 0 aliphatic rings. The van der Waals surface area contributed by atoms with E-state index in [1.807, 2.05) is 24.3 Å². The van der Waals surface area contributed by atoms with Gasteiger partial charge >= 0.3 is 0 Å². The van der Waals surface area contributed by atoms with Crippen LogP contribution >= 0.6 is 27.7 Å². The number of nitrogens with one attached hydrogen (secondary N) is 1. The van der Waals surface area contributed by atoms with Crippen LogP contribution in [0.2, 0.25) is 0 Å². The molecule has 144 valence electrons. The number of carbonyl (C=O) groups excluding carboxylic acids is 1. The molecule has 3 aromatic rings. The molecule has 0 aliphatic heterocycles. The minimum absolute atomic E-state index is 0.125. The Morgan fingerprint density at radius 1 is 1.25 bits per heavy atom. The van der Waals surface area contributed by atoms with Gasteiger partial charge in [-0.25, -0.2) is 9.67 Å². The monoisotopic (exact) mass is 458 g/mol. The number of aromatic nitrogens is 3. The molecule has 2 aromatic carbocycles. The normalized spacial score (nSPS) is 10.5. The van der Waals surface area contributed by atoms with Crippen LogP contribution < -0.4 is 10.1 Å². The van der Waals surface area contributed by atoms with Crippen molar-refractivity contribution < 1.29 is 9.53 Å². The van der Waals surface area contributed by atoms with E-state index in [9.17, 15) is 4.79 Å². The summed E-state index contributed by atoms with van der Waals surface area (Å²) in [5, 5.41) is 7.88. The van der Waals surface area contributed by atoms with E-state index < -0.39 is 0 Å². The second kappa shape index (κ2) is 9.57. The Balaban J connectivity index is 1.66. The molecule has 1 N–H and O–H groups in total. The number of halogens is 1. The SMILES string of the molecule is C=CCn1nc(SCC(=O)Nc2ccc(OC)cc2)nc1-c1ccc(Br)cc1. The van der Waals surface area contributed by atoms with E-state index in [0.717, 1.165) is 21.6 Å². The van der Waals surface area contributed by atoms with Gasteiger partial charge in [0.15, 0.2) is 5.82 Å². The number of hydrogen-bond acceptors (Lipinski definition) is 5. The van der Waals surface area contributed by atoms with Crippen molar-refractivity contribution in [1.82, 2.24) is 14.8 Å². The summed E-state index contributed by atoms with van der Waals surface area (Å²) in [5.41, 5.74) is 1.67. The Morgan fingerprint density at radius 2 is 1.96 bits per heavy atom. The molecule has 0 atom stereocenters. The summed E-state index contributed by atoms with van der Waals surface area (Å²) in [4.78, 5) is 16.8. The molecule has 1 aromatic heterocycles. The van der Waals surface area contributed by atoms with Crippen LogP contribution in [0.25, 0.3) is 11.4 Å². The van der Waals surface area contributed by atoms with E-state index in [1.165, 1.54) is 11.8 Å². The summed E-state index contributed by atoms with van der Waals surface area (Å²) in [6.07, 6.45) is 1.77. The lowest BCUT2D eigenvalue weighted by Gasteiger charge is -2.05. The van der Waals surface area contributed by atoms with Crippen molar-refractivity contribution in [3.05, 3.63) is 65.7 Å². The third-order valence-corrected chi connectivity index (χ3v) is 5.13. The summed E-state index contributed by atoms with van der Waals surface area (Å²) in [6.45, 7) is 4.31. The molecule has 1 heterocycles. The number of rotatable bonds is 8. The maximum Gasteiger partial charge on any atom is 0.234 e. The Bertz CT molecular complexity index is 955. The van der Waals surface area contributed by atoms with Gasteiger partial charge in [0.05, 0.1) is 19.4 Å². The van der Waals surface area contributed by atoms with Gasteiger partial charge in [-0.15, -0.1) is 11.7 Å². The molecule has 0 aliphatic carbocycles. The van der Waals surface area contributed by atoms with Gasteiger partial charge in [-0.2, -0.15) is 0 Å². The van der Waals surface area contributed by atoms with Gasteiger partial charge in [0.25, 0.3) is 0 Å². The molecule has 3 rings (SSSR count). The molecule has 28 heavy (non-hydrogen) atoms. The van der Waals surface area contributed by atoms with Crippen LogP contribution in [0.1, 0.15) is 0 Å². The average Bonchev–Trinajstić information content (AvgIpc) is 3.11. The number of carbonyl (C=O) groups is 1. The van der Waals surface area contributed by atoms with Crippen LogP contribution in [0.15, 0.2) is 70.8 Å². The fourth-order valence-electron chi connectivity index (χ4n) is 2.45. The third kappa shape index (κ3) is 5.24. The highest BCUT2D eigenvalue weighted by Crippen LogP contribution is 2.24. The van der Waals surface area contributed by atoms with Gasteiger partial charge in [0.2, 0.25) is 11.1 Å². The Morgan fingerprint density at radius 3 is 2.61 bits per heavy atom. The van der Waals surface area contributed by atoms with E-state index in [0.29, 0.717) is 17.4 Å². The minimum Gasteiger partial charge on any atom is -0.497 e. The molecule has 1 amide bonds. The Hall–Kier alpha value is -2.58. The maximum absolute atomic E-state index is 12.2. The van der Waals surface area contributed by atoms with E-state index >= 15 is 0 Å². The summed E-state index contributed by atoms with van der Waals surface area (Å²) >= 11 is 4.72. The molecular weight excluding hydrogens is 440 g/mol. The molecular formula is C20H19BrN4O2S. The van der Waals surface area contributed by atoms with Crippen LogP contribution in [0.3, 0.4) is 0 Å². The number of hydrogen-bond donors (Lipinski definition) is 1. The van der Waals surface area contributed by atoms with Crippen LogP contribution in [-0.4, -0.2) is 33.5 Å². The maximum atomic E-state index is 12.2. The Kier molecular flexibility index (Phi) is 6.89. The fourth-order valence-corrected chi connectivity index (χ4v) is 3.35. The van der Waals surface area contributed by atoms with E-state index in [4.69, 9.17) is 4.74 Å². The topological polar surface area (TPSA) is 69.0 Å². The van der Waals surface area contributed by atoms with E-state index in [2.05, 4.69) is 37.9 Å². The average molecular weight is 459 g/mol. The number of allylic oxidation sites excluding steroid dienone is 1. The van der Waals surface area contributed by atoms with Crippen molar-refractivity contribution in [2.75, 3.05) is 18.2 Å². The predicted octanol–water partition coefficient (Wildman–Crippen LogP) is 4.63. The second-order valence-corrected chi connectivity index (χ2v) is 7.62. The van der Waals surface area contributed by atoms with E-state index in [1.54, 1.807) is 42.1 Å². The number of amides is 1.